The second-order valence-corrected chi connectivity index (χ2v) is 8.23. The summed E-state index contributed by atoms with van der Waals surface area (Å²) in [4.78, 5) is 30.5. The molecule has 1 aliphatic rings. The minimum atomic E-state index is -0.554. The van der Waals surface area contributed by atoms with Gasteiger partial charge < -0.3 is 10.1 Å². The first-order valence-corrected chi connectivity index (χ1v) is 11.3. The number of fused-ring (bicyclic) bond motifs is 2. The van der Waals surface area contributed by atoms with Crippen molar-refractivity contribution in [2.45, 2.75) is 12.8 Å². The molecule has 35 heavy (non-hydrogen) atoms. The molecule has 1 amide bonds. The van der Waals surface area contributed by atoms with Crippen molar-refractivity contribution in [3.05, 3.63) is 107 Å². The third-order valence-electron chi connectivity index (χ3n) is 5.90. The number of amides is 1. The van der Waals surface area contributed by atoms with Gasteiger partial charge in [-0.05, 0) is 59.9 Å². The van der Waals surface area contributed by atoms with Crippen molar-refractivity contribution in [2.75, 3.05) is 11.9 Å². The van der Waals surface area contributed by atoms with Gasteiger partial charge in [0.25, 0.3) is 5.91 Å². The lowest BCUT2D eigenvalue weighted by Gasteiger charge is -2.12. The van der Waals surface area contributed by atoms with Crippen molar-refractivity contribution in [1.29, 1.82) is 5.26 Å². The van der Waals surface area contributed by atoms with Crippen LogP contribution in [0.15, 0.2) is 78.9 Å². The van der Waals surface area contributed by atoms with E-state index in [1.807, 2.05) is 60.7 Å². The molecular formula is C29H21N3O3. The second kappa shape index (κ2) is 9.62. The van der Waals surface area contributed by atoms with Crippen LogP contribution in [0.2, 0.25) is 0 Å². The van der Waals surface area contributed by atoms with E-state index < -0.39 is 18.5 Å². The molecule has 0 atom stereocenters. The predicted molar refractivity (Wildman–Crippen MR) is 134 cm³/mol. The monoisotopic (exact) mass is 459 g/mol. The highest BCUT2D eigenvalue weighted by molar-refractivity contribution is 6.08. The Morgan fingerprint density at radius 3 is 2.63 bits per heavy atom. The summed E-state index contributed by atoms with van der Waals surface area (Å²) < 4.78 is 5.44. The average molecular weight is 460 g/mol. The lowest BCUT2D eigenvalue weighted by atomic mass is 10.0. The van der Waals surface area contributed by atoms with Crippen LogP contribution in [0.4, 0.5) is 5.69 Å². The highest BCUT2D eigenvalue weighted by atomic mass is 16.5. The summed E-state index contributed by atoms with van der Waals surface area (Å²) in [7, 11) is 0. The van der Waals surface area contributed by atoms with Crippen molar-refractivity contribution in [3.63, 3.8) is 0 Å². The fourth-order valence-corrected chi connectivity index (χ4v) is 4.33. The molecule has 1 aromatic heterocycles. The number of aromatic nitrogens is 1. The summed E-state index contributed by atoms with van der Waals surface area (Å²) in [5.41, 5.74) is 5.86. The number of hydrogen-bond donors (Lipinski definition) is 1. The van der Waals surface area contributed by atoms with E-state index in [4.69, 9.17) is 15.0 Å². The molecule has 1 aliphatic carbocycles. The first-order chi connectivity index (χ1) is 17.1. The number of carbonyl (C=O) groups excluding carboxylic acids is 2. The molecule has 0 unspecified atom stereocenters. The highest BCUT2D eigenvalue weighted by Crippen LogP contribution is 2.37. The summed E-state index contributed by atoms with van der Waals surface area (Å²) >= 11 is 0. The van der Waals surface area contributed by atoms with Crippen LogP contribution in [0.5, 0.6) is 0 Å². The Morgan fingerprint density at radius 1 is 1.00 bits per heavy atom. The fourth-order valence-electron chi connectivity index (χ4n) is 4.33. The molecule has 0 spiro atoms. The van der Waals surface area contributed by atoms with Gasteiger partial charge in [0.1, 0.15) is 0 Å². The number of para-hydroxylation sites is 1. The molecule has 170 valence electrons. The number of nitrogens with zero attached hydrogens (tertiary/aromatic N) is 2. The minimum absolute atomic E-state index is 0.429. The van der Waals surface area contributed by atoms with Crippen LogP contribution >= 0.6 is 0 Å². The van der Waals surface area contributed by atoms with Gasteiger partial charge in [-0.25, -0.2) is 9.78 Å². The number of rotatable bonds is 5. The Balaban J connectivity index is 1.42. The van der Waals surface area contributed by atoms with Crippen LogP contribution in [0, 0.1) is 11.3 Å². The molecule has 6 heteroatoms. The van der Waals surface area contributed by atoms with Gasteiger partial charge in [0, 0.05) is 11.1 Å². The first kappa shape index (κ1) is 22.1. The van der Waals surface area contributed by atoms with E-state index in [1.54, 1.807) is 24.3 Å². The number of nitriles is 1. The van der Waals surface area contributed by atoms with Crippen LogP contribution in [-0.4, -0.2) is 23.5 Å². The first-order valence-electron chi connectivity index (χ1n) is 11.3. The van der Waals surface area contributed by atoms with Crippen molar-refractivity contribution in [2.24, 2.45) is 0 Å². The summed E-state index contributed by atoms with van der Waals surface area (Å²) in [6.07, 6.45) is 3.54. The van der Waals surface area contributed by atoms with Gasteiger partial charge in [0.05, 0.1) is 28.4 Å². The largest absolute Gasteiger partial charge is 0.452 e. The third kappa shape index (κ3) is 4.66. The minimum Gasteiger partial charge on any atom is -0.452 e. The summed E-state index contributed by atoms with van der Waals surface area (Å²) in [6, 6.07) is 26.1. The zero-order valence-corrected chi connectivity index (χ0v) is 18.8. The number of ether oxygens (including phenoxy) is 1. The van der Waals surface area contributed by atoms with E-state index in [9.17, 15) is 9.59 Å². The molecular weight excluding hydrogens is 438 g/mol. The zero-order valence-electron chi connectivity index (χ0n) is 18.8. The fraction of sp³-hybridized carbons (Fsp3) is 0.103. The molecule has 6 nitrogen and oxygen atoms in total. The average Bonchev–Trinajstić information content (AvgIpc) is 3.28. The Hall–Kier alpha value is -4.76. The van der Waals surface area contributed by atoms with Crippen LogP contribution in [-0.2, 0) is 16.0 Å². The molecule has 0 bridgehead atoms. The molecule has 5 rings (SSSR count). The van der Waals surface area contributed by atoms with E-state index in [-0.39, 0.29) is 0 Å². The molecule has 0 saturated carbocycles. The molecule has 0 saturated heterocycles. The van der Waals surface area contributed by atoms with Gasteiger partial charge in [-0.3, -0.25) is 4.79 Å². The molecule has 4 aromatic rings. The smallest absolute Gasteiger partial charge is 0.339 e. The molecule has 1 N–H and O–H groups in total. The maximum Gasteiger partial charge on any atom is 0.339 e. The van der Waals surface area contributed by atoms with Crippen molar-refractivity contribution < 1.29 is 14.3 Å². The van der Waals surface area contributed by atoms with Crippen LogP contribution in [0.25, 0.3) is 22.6 Å². The summed E-state index contributed by atoms with van der Waals surface area (Å²) in [5.74, 6) is -1.03. The van der Waals surface area contributed by atoms with Crippen molar-refractivity contribution in [3.8, 4) is 6.07 Å². The lowest BCUT2D eigenvalue weighted by Crippen LogP contribution is -2.21. The quantitative estimate of drug-likeness (QED) is 0.404. The van der Waals surface area contributed by atoms with Gasteiger partial charge in [-0.1, -0.05) is 54.6 Å². The topological polar surface area (TPSA) is 92.1 Å². The number of allylic oxidation sites excluding steroid dienone is 1. The lowest BCUT2D eigenvalue weighted by molar-refractivity contribution is -0.119. The van der Waals surface area contributed by atoms with E-state index in [0.717, 1.165) is 28.8 Å². The highest BCUT2D eigenvalue weighted by Gasteiger charge is 2.28. The van der Waals surface area contributed by atoms with Gasteiger partial charge in [0.15, 0.2) is 6.61 Å². The van der Waals surface area contributed by atoms with Crippen LogP contribution in [0.1, 0.15) is 39.2 Å². The number of nitrogens with one attached hydrogen (secondary N) is 1. The standard InChI is InChI=1S/C29H21N3O3/c30-17-20-9-6-10-22(16-20)31-26(33)18-35-29(34)27-23-11-4-5-12-25(23)32-28-21(13-14-24(27)28)15-19-7-2-1-3-8-19/h1-12,15-16H,13-14,18H2,(H,31,33)/b21-15-. The number of anilines is 1. The zero-order chi connectivity index (χ0) is 24.2. The van der Waals surface area contributed by atoms with E-state index in [0.29, 0.717) is 34.1 Å². The van der Waals surface area contributed by atoms with Gasteiger partial charge in [0.2, 0.25) is 0 Å². The van der Waals surface area contributed by atoms with E-state index in [2.05, 4.69) is 11.4 Å². The number of benzene rings is 3. The maximum absolute atomic E-state index is 13.2. The van der Waals surface area contributed by atoms with E-state index >= 15 is 0 Å². The normalized spacial score (nSPS) is 13.3. The van der Waals surface area contributed by atoms with Crippen molar-refractivity contribution in [1.82, 2.24) is 4.98 Å². The predicted octanol–water partition coefficient (Wildman–Crippen LogP) is 5.39. The molecule has 1 heterocycles. The number of pyridine rings is 1. The molecule has 0 aliphatic heterocycles. The molecule has 0 radical (unpaired) electrons. The third-order valence-corrected chi connectivity index (χ3v) is 5.90. The van der Waals surface area contributed by atoms with Crippen LogP contribution < -0.4 is 5.32 Å². The number of esters is 1. The number of carbonyl (C=O) groups is 2. The molecule has 3 aromatic carbocycles. The number of hydrogen-bond acceptors (Lipinski definition) is 5. The van der Waals surface area contributed by atoms with Crippen LogP contribution in [0.3, 0.4) is 0 Å². The SMILES string of the molecule is N#Cc1cccc(NC(=O)COC(=O)c2c3c(nc4ccccc24)/C(=C\c2ccccc2)CC3)c1. The van der Waals surface area contributed by atoms with Gasteiger partial charge >= 0.3 is 5.97 Å². The second-order valence-electron chi connectivity index (χ2n) is 8.23. The Morgan fingerprint density at radius 2 is 1.80 bits per heavy atom. The van der Waals surface area contributed by atoms with Crippen molar-refractivity contribution >= 4 is 40.1 Å². The van der Waals surface area contributed by atoms with E-state index in [1.165, 1.54) is 0 Å². The van der Waals surface area contributed by atoms with Gasteiger partial charge in [-0.2, -0.15) is 5.26 Å². The molecule has 0 fully saturated rings. The van der Waals surface area contributed by atoms with Gasteiger partial charge in [-0.15, -0.1) is 0 Å². The summed E-state index contributed by atoms with van der Waals surface area (Å²) in [6.45, 7) is -0.437. The Kier molecular flexibility index (Phi) is 6.06. The Labute approximate surface area is 202 Å². The summed E-state index contributed by atoms with van der Waals surface area (Å²) in [5, 5.41) is 12.4. The maximum atomic E-state index is 13.2. The Bertz CT molecular complexity index is 1520.